The summed E-state index contributed by atoms with van der Waals surface area (Å²) in [7, 11) is 1.56. The summed E-state index contributed by atoms with van der Waals surface area (Å²) in [5, 5.41) is 3.57. The van der Waals surface area contributed by atoms with Gasteiger partial charge in [-0.05, 0) is 50.4 Å². The lowest BCUT2D eigenvalue weighted by molar-refractivity contribution is -0.120. The summed E-state index contributed by atoms with van der Waals surface area (Å²) in [4.78, 5) is 14.8. The third-order valence-corrected chi connectivity index (χ3v) is 5.15. The Morgan fingerprint density at radius 3 is 2.75 bits per heavy atom. The molecule has 136 valence electrons. The Morgan fingerprint density at radius 1 is 1.54 bits per heavy atom. The first-order valence-electron chi connectivity index (χ1n) is 7.89. The molecule has 1 aliphatic heterocycles. The zero-order chi connectivity index (χ0) is 17.2. The van der Waals surface area contributed by atoms with E-state index in [0.29, 0.717) is 23.0 Å². The van der Waals surface area contributed by atoms with Crippen LogP contribution in [0.2, 0.25) is 5.02 Å². The molecule has 1 aromatic carbocycles. The molecule has 2 unspecified atom stereocenters. The number of aryl methyl sites for hydroxylation is 1. The molecule has 3 N–H and O–H groups in total. The number of carbonyl (C=O) groups is 1. The molecule has 0 aliphatic carbocycles. The molecule has 0 bridgehead atoms. The monoisotopic (exact) mass is 375 g/mol. The number of halogens is 2. The number of hydrogen-bond acceptors (Lipinski definition) is 4. The molecule has 1 aromatic rings. The van der Waals surface area contributed by atoms with Gasteiger partial charge in [0.1, 0.15) is 5.75 Å². The molecule has 0 spiro atoms. The number of nitrogens with two attached hydrogens (primary N) is 1. The molecule has 7 heteroatoms. The summed E-state index contributed by atoms with van der Waals surface area (Å²) in [5.74, 6) is 0.515. The van der Waals surface area contributed by atoms with Gasteiger partial charge in [-0.2, -0.15) is 0 Å². The summed E-state index contributed by atoms with van der Waals surface area (Å²) in [6.45, 7) is 8.36. The molecule has 1 amide bonds. The lowest BCUT2D eigenvalue weighted by Crippen LogP contribution is -2.42. The number of amides is 1. The van der Waals surface area contributed by atoms with Gasteiger partial charge in [0.2, 0.25) is 5.91 Å². The van der Waals surface area contributed by atoms with E-state index in [1.54, 1.807) is 13.2 Å². The normalized spacial score (nSPS) is 21.9. The van der Waals surface area contributed by atoms with Crippen molar-refractivity contribution < 1.29 is 9.53 Å². The molecule has 0 aromatic heterocycles. The Hall–Kier alpha value is -1.01. The molecular formula is C17H27Cl2N3O2. The molecule has 1 saturated heterocycles. The number of nitrogens with zero attached hydrogens (tertiary/aromatic N) is 1. The minimum Gasteiger partial charge on any atom is -0.495 e. The summed E-state index contributed by atoms with van der Waals surface area (Å²) in [6.07, 6.45) is 1.02. The van der Waals surface area contributed by atoms with E-state index < -0.39 is 0 Å². The minimum atomic E-state index is -0.218. The zero-order valence-corrected chi connectivity index (χ0v) is 16.3. The first kappa shape index (κ1) is 21.0. The van der Waals surface area contributed by atoms with Crippen molar-refractivity contribution in [3.63, 3.8) is 0 Å². The molecule has 24 heavy (non-hydrogen) atoms. The summed E-state index contributed by atoms with van der Waals surface area (Å²) < 4.78 is 5.31. The second-order valence-corrected chi connectivity index (χ2v) is 7.11. The van der Waals surface area contributed by atoms with E-state index in [-0.39, 0.29) is 29.8 Å². The highest BCUT2D eigenvalue weighted by atomic mass is 35.5. The van der Waals surface area contributed by atoms with E-state index in [4.69, 9.17) is 22.1 Å². The van der Waals surface area contributed by atoms with Gasteiger partial charge < -0.3 is 15.8 Å². The van der Waals surface area contributed by atoms with E-state index in [9.17, 15) is 4.79 Å². The van der Waals surface area contributed by atoms with E-state index >= 15 is 0 Å². The highest BCUT2D eigenvalue weighted by Crippen LogP contribution is 2.32. The molecule has 2 rings (SSSR count). The van der Waals surface area contributed by atoms with Crippen LogP contribution in [0.1, 0.15) is 25.8 Å². The second-order valence-electron chi connectivity index (χ2n) is 6.70. The number of ether oxygens (including phenoxy) is 1. The van der Waals surface area contributed by atoms with Gasteiger partial charge in [-0.15, -0.1) is 12.4 Å². The van der Waals surface area contributed by atoms with Gasteiger partial charge >= 0.3 is 0 Å². The molecule has 0 saturated carbocycles. The smallest absolute Gasteiger partial charge is 0.241 e. The van der Waals surface area contributed by atoms with Crippen LogP contribution in [0.4, 0.5) is 5.69 Å². The van der Waals surface area contributed by atoms with Gasteiger partial charge in [0.05, 0.1) is 18.8 Å². The summed E-state index contributed by atoms with van der Waals surface area (Å²) in [5.41, 5.74) is 7.48. The fourth-order valence-electron chi connectivity index (χ4n) is 2.89. The van der Waals surface area contributed by atoms with E-state index in [0.717, 1.165) is 25.1 Å². The standard InChI is InChI=1S/C17H26ClN3O2.ClH/c1-11-7-14(15(23-4)8-13(11)18)20-16(22)12(2)21-6-5-17(3,9-19)10-21;/h7-8,12H,5-6,9-10,19H2,1-4H3,(H,20,22);1H. The average molecular weight is 376 g/mol. The van der Waals surface area contributed by atoms with Crippen LogP contribution in [0.5, 0.6) is 5.75 Å². The topological polar surface area (TPSA) is 67.6 Å². The van der Waals surface area contributed by atoms with E-state index in [1.807, 2.05) is 19.9 Å². The summed E-state index contributed by atoms with van der Waals surface area (Å²) >= 11 is 6.10. The van der Waals surface area contributed by atoms with Gasteiger partial charge in [-0.1, -0.05) is 18.5 Å². The van der Waals surface area contributed by atoms with Gasteiger partial charge in [0.15, 0.2) is 0 Å². The number of likely N-dealkylation sites (tertiary alicyclic amines) is 1. The van der Waals surface area contributed by atoms with Crippen LogP contribution >= 0.6 is 24.0 Å². The maximum atomic E-state index is 12.6. The Morgan fingerprint density at radius 2 is 2.21 bits per heavy atom. The Labute approximate surface area is 155 Å². The predicted octanol–water partition coefficient (Wildman–Crippen LogP) is 3.08. The molecule has 2 atom stereocenters. The van der Waals surface area contributed by atoms with Crippen LogP contribution in [0.25, 0.3) is 0 Å². The lowest BCUT2D eigenvalue weighted by atomic mass is 9.90. The number of benzene rings is 1. The van der Waals surface area contributed by atoms with Crippen molar-refractivity contribution in [1.29, 1.82) is 0 Å². The third-order valence-electron chi connectivity index (χ3n) is 4.75. The van der Waals surface area contributed by atoms with Gasteiger partial charge in [0, 0.05) is 17.6 Å². The van der Waals surface area contributed by atoms with Gasteiger partial charge in [-0.3, -0.25) is 9.69 Å². The molecule has 1 heterocycles. The Bertz CT molecular complexity index is 597. The Kier molecular flexibility index (Phi) is 7.35. The zero-order valence-electron chi connectivity index (χ0n) is 14.7. The maximum Gasteiger partial charge on any atom is 0.241 e. The number of rotatable bonds is 5. The molecule has 1 aliphatic rings. The number of methoxy groups -OCH3 is 1. The van der Waals surface area contributed by atoms with Crippen molar-refractivity contribution in [2.75, 3.05) is 32.1 Å². The van der Waals surface area contributed by atoms with Crippen LogP contribution in [-0.4, -0.2) is 43.6 Å². The van der Waals surface area contributed by atoms with E-state index in [1.165, 1.54) is 0 Å². The van der Waals surface area contributed by atoms with E-state index in [2.05, 4.69) is 17.1 Å². The van der Waals surface area contributed by atoms with Crippen molar-refractivity contribution in [1.82, 2.24) is 4.90 Å². The predicted molar refractivity (Wildman–Crippen MR) is 101 cm³/mol. The SMILES string of the molecule is COc1cc(Cl)c(C)cc1NC(=O)C(C)N1CCC(C)(CN)C1.Cl. The third kappa shape index (κ3) is 4.54. The Balaban J connectivity index is 0.00000288. The first-order valence-corrected chi connectivity index (χ1v) is 8.26. The number of carbonyl (C=O) groups excluding carboxylic acids is 1. The van der Waals surface area contributed by atoms with Crippen molar-refractivity contribution in [2.45, 2.75) is 33.2 Å². The van der Waals surface area contributed by atoms with Crippen LogP contribution in [0, 0.1) is 12.3 Å². The lowest BCUT2D eigenvalue weighted by Gasteiger charge is -2.26. The van der Waals surface area contributed by atoms with Gasteiger partial charge in [-0.25, -0.2) is 0 Å². The van der Waals surface area contributed by atoms with Crippen molar-refractivity contribution in [3.8, 4) is 5.75 Å². The van der Waals surface area contributed by atoms with Crippen LogP contribution in [-0.2, 0) is 4.79 Å². The average Bonchev–Trinajstić information content (AvgIpc) is 2.93. The van der Waals surface area contributed by atoms with Crippen molar-refractivity contribution in [3.05, 3.63) is 22.7 Å². The molecule has 1 fully saturated rings. The van der Waals surface area contributed by atoms with Crippen LogP contribution in [0.3, 0.4) is 0 Å². The van der Waals surface area contributed by atoms with Crippen LogP contribution < -0.4 is 15.8 Å². The fourth-order valence-corrected chi connectivity index (χ4v) is 3.05. The number of nitrogens with one attached hydrogen (secondary N) is 1. The quantitative estimate of drug-likeness (QED) is 0.829. The number of anilines is 1. The second kappa shape index (κ2) is 8.39. The highest BCUT2D eigenvalue weighted by molar-refractivity contribution is 6.31. The largest absolute Gasteiger partial charge is 0.495 e. The number of hydrogen-bond donors (Lipinski definition) is 2. The summed E-state index contributed by atoms with van der Waals surface area (Å²) in [6, 6.07) is 3.34. The fraction of sp³-hybridized carbons (Fsp3) is 0.588. The van der Waals surface area contributed by atoms with Crippen molar-refractivity contribution >= 4 is 35.6 Å². The molecule has 5 nitrogen and oxygen atoms in total. The van der Waals surface area contributed by atoms with Crippen molar-refractivity contribution in [2.24, 2.45) is 11.1 Å². The molecule has 0 radical (unpaired) electrons. The molecular weight excluding hydrogens is 349 g/mol. The van der Waals surface area contributed by atoms with Gasteiger partial charge in [0.25, 0.3) is 0 Å². The minimum absolute atomic E-state index is 0. The highest BCUT2D eigenvalue weighted by Gasteiger charge is 2.36. The van der Waals surface area contributed by atoms with Crippen LogP contribution in [0.15, 0.2) is 12.1 Å². The first-order chi connectivity index (χ1) is 10.8. The maximum absolute atomic E-state index is 12.6.